The van der Waals surface area contributed by atoms with Crippen molar-refractivity contribution in [3.8, 4) is 0 Å². The van der Waals surface area contributed by atoms with E-state index in [1.54, 1.807) is 0 Å². The van der Waals surface area contributed by atoms with Crippen LogP contribution in [0.15, 0.2) is 29.4 Å². The molecule has 0 amide bonds. The highest BCUT2D eigenvalue weighted by Crippen LogP contribution is 1.98. The number of pyridine rings is 1. The largest absolute Gasteiger partial charge is 0.376 e. The van der Waals surface area contributed by atoms with Gasteiger partial charge in [-0.1, -0.05) is 25.8 Å². The molecule has 0 bridgehead atoms. The van der Waals surface area contributed by atoms with Gasteiger partial charge in [-0.2, -0.15) is 0 Å². The van der Waals surface area contributed by atoms with Crippen molar-refractivity contribution in [2.45, 2.75) is 39.0 Å². The van der Waals surface area contributed by atoms with Gasteiger partial charge in [-0.25, -0.2) is 0 Å². The van der Waals surface area contributed by atoms with E-state index in [2.05, 4.69) is 27.5 Å². The Morgan fingerprint density at radius 2 is 2.19 bits per heavy atom. The zero-order chi connectivity index (χ0) is 15.3. The fraction of sp³-hybridized carbons (Fsp3) is 0.533. The zero-order valence-electron chi connectivity index (χ0n) is 12.6. The summed E-state index contributed by atoms with van der Waals surface area (Å²) in [5.41, 5.74) is 6.60. The highest BCUT2D eigenvalue weighted by Gasteiger charge is 1.99. The average Bonchev–Trinajstić information content (AvgIpc) is 2.48. The molecule has 1 rings (SSSR count). The molecule has 1 heterocycles. The normalized spacial score (nSPS) is 11.2. The van der Waals surface area contributed by atoms with E-state index < -0.39 is 0 Å². The SMILES string of the molecule is CCCCCNC(=NCCCc1ccccn1)NC(N)=S. The Morgan fingerprint density at radius 3 is 2.86 bits per heavy atom. The second-order valence-electron chi connectivity index (χ2n) is 4.78. The quantitative estimate of drug-likeness (QED) is 0.296. The van der Waals surface area contributed by atoms with Gasteiger partial charge in [0.25, 0.3) is 0 Å². The lowest BCUT2D eigenvalue weighted by molar-refractivity contribution is 0.688. The molecule has 0 aliphatic carbocycles. The second-order valence-corrected chi connectivity index (χ2v) is 5.22. The lowest BCUT2D eigenvalue weighted by atomic mass is 10.2. The summed E-state index contributed by atoms with van der Waals surface area (Å²) in [4.78, 5) is 8.77. The van der Waals surface area contributed by atoms with Crippen LogP contribution in [0.5, 0.6) is 0 Å². The predicted molar refractivity (Wildman–Crippen MR) is 92.3 cm³/mol. The third-order valence-corrected chi connectivity index (χ3v) is 3.00. The molecule has 1 aromatic heterocycles. The van der Waals surface area contributed by atoms with E-state index >= 15 is 0 Å². The first kappa shape index (κ1) is 17.4. The number of hydrogen-bond acceptors (Lipinski definition) is 3. The van der Waals surface area contributed by atoms with E-state index in [1.807, 2.05) is 24.4 Å². The summed E-state index contributed by atoms with van der Waals surface area (Å²) >= 11 is 4.86. The highest BCUT2D eigenvalue weighted by atomic mass is 32.1. The first-order valence-corrected chi connectivity index (χ1v) is 7.88. The molecule has 1 aromatic rings. The molecule has 0 saturated carbocycles. The topological polar surface area (TPSA) is 75.3 Å². The number of rotatable bonds is 8. The molecule has 0 atom stereocenters. The monoisotopic (exact) mass is 307 g/mol. The minimum atomic E-state index is 0.237. The Labute approximate surface area is 132 Å². The smallest absolute Gasteiger partial charge is 0.197 e. The summed E-state index contributed by atoms with van der Waals surface area (Å²) in [5.74, 6) is 0.666. The van der Waals surface area contributed by atoms with Gasteiger partial charge in [-0.15, -0.1) is 0 Å². The predicted octanol–water partition coefficient (Wildman–Crippen LogP) is 1.98. The number of thiocarbonyl (C=S) groups is 1. The summed E-state index contributed by atoms with van der Waals surface area (Å²) in [6.07, 6.45) is 7.18. The van der Waals surface area contributed by atoms with Crippen LogP contribution in [-0.2, 0) is 6.42 Å². The number of aromatic nitrogens is 1. The van der Waals surface area contributed by atoms with Gasteiger partial charge in [0.15, 0.2) is 11.1 Å². The molecule has 0 spiro atoms. The number of unbranched alkanes of at least 4 members (excludes halogenated alkanes) is 2. The van der Waals surface area contributed by atoms with E-state index in [4.69, 9.17) is 18.0 Å². The summed E-state index contributed by atoms with van der Waals surface area (Å²) in [7, 11) is 0. The maximum atomic E-state index is 5.51. The van der Waals surface area contributed by atoms with Gasteiger partial charge < -0.3 is 16.4 Å². The summed E-state index contributed by atoms with van der Waals surface area (Å²) < 4.78 is 0. The number of guanidine groups is 1. The molecular formula is C15H25N5S. The fourth-order valence-electron chi connectivity index (χ4n) is 1.84. The van der Waals surface area contributed by atoms with Crippen LogP contribution in [0.25, 0.3) is 0 Å². The van der Waals surface area contributed by atoms with Gasteiger partial charge in [-0.3, -0.25) is 9.98 Å². The average molecular weight is 307 g/mol. The number of aliphatic imine (C=N–C) groups is 1. The second kappa shape index (κ2) is 11.0. The molecule has 6 heteroatoms. The number of aryl methyl sites for hydroxylation is 1. The van der Waals surface area contributed by atoms with Crippen molar-refractivity contribution < 1.29 is 0 Å². The van der Waals surface area contributed by atoms with Crippen LogP contribution in [0.2, 0.25) is 0 Å². The van der Waals surface area contributed by atoms with Crippen molar-refractivity contribution in [1.29, 1.82) is 0 Å². The maximum absolute atomic E-state index is 5.51. The number of nitrogens with two attached hydrogens (primary N) is 1. The molecule has 0 radical (unpaired) electrons. The van der Waals surface area contributed by atoms with Gasteiger partial charge in [0, 0.05) is 25.0 Å². The molecule has 116 valence electrons. The van der Waals surface area contributed by atoms with E-state index in [0.29, 0.717) is 12.5 Å². The summed E-state index contributed by atoms with van der Waals surface area (Å²) in [5, 5.41) is 6.37. The molecule has 4 N–H and O–H groups in total. The minimum absolute atomic E-state index is 0.237. The maximum Gasteiger partial charge on any atom is 0.197 e. The van der Waals surface area contributed by atoms with Crippen molar-refractivity contribution in [2.24, 2.45) is 10.7 Å². The third kappa shape index (κ3) is 8.96. The Kier molecular flexibility index (Phi) is 9.11. The fourth-order valence-corrected chi connectivity index (χ4v) is 1.93. The zero-order valence-corrected chi connectivity index (χ0v) is 13.5. The summed E-state index contributed by atoms with van der Waals surface area (Å²) in [6, 6.07) is 5.95. The lowest BCUT2D eigenvalue weighted by Gasteiger charge is -2.11. The molecule has 0 saturated heterocycles. The van der Waals surface area contributed by atoms with Crippen LogP contribution >= 0.6 is 12.2 Å². The van der Waals surface area contributed by atoms with Gasteiger partial charge in [0.2, 0.25) is 0 Å². The molecule has 5 nitrogen and oxygen atoms in total. The molecule has 0 aliphatic rings. The number of hydrogen-bond donors (Lipinski definition) is 3. The van der Waals surface area contributed by atoms with Crippen LogP contribution in [0.4, 0.5) is 0 Å². The third-order valence-electron chi connectivity index (χ3n) is 2.90. The van der Waals surface area contributed by atoms with Crippen molar-refractivity contribution in [3.63, 3.8) is 0 Å². The molecule has 21 heavy (non-hydrogen) atoms. The van der Waals surface area contributed by atoms with Crippen LogP contribution < -0.4 is 16.4 Å². The van der Waals surface area contributed by atoms with E-state index in [-0.39, 0.29) is 5.11 Å². The Bertz CT molecular complexity index is 433. The van der Waals surface area contributed by atoms with Crippen LogP contribution in [0, 0.1) is 0 Å². The lowest BCUT2D eigenvalue weighted by Crippen LogP contribution is -2.44. The Balaban J connectivity index is 2.33. The molecule has 0 aromatic carbocycles. The van der Waals surface area contributed by atoms with Crippen molar-refractivity contribution in [2.75, 3.05) is 13.1 Å². The molecule has 0 unspecified atom stereocenters. The standard InChI is InChI=1S/C15H25N5S/c1-2-3-5-11-18-15(20-14(16)21)19-12-7-9-13-8-4-6-10-17-13/h4,6,8,10H,2-3,5,7,9,11-12H2,1H3,(H4,16,18,19,20,21). The number of nitrogens with zero attached hydrogens (tertiary/aromatic N) is 2. The van der Waals surface area contributed by atoms with Crippen LogP contribution in [0.3, 0.4) is 0 Å². The van der Waals surface area contributed by atoms with Gasteiger partial charge in [0.1, 0.15) is 0 Å². The van der Waals surface area contributed by atoms with Crippen molar-refractivity contribution in [3.05, 3.63) is 30.1 Å². The van der Waals surface area contributed by atoms with E-state index in [0.717, 1.165) is 31.5 Å². The molecular weight excluding hydrogens is 282 g/mol. The van der Waals surface area contributed by atoms with Crippen LogP contribution in [0.1, 0.15) is 38.3 Å². The molecule has 0 fully saturated rings. The number of nitrogens with one attached hydrogen (secondary N) is 2. The Hall–Kier alpha value is -1.69. The van der Waals surface area contributed by atoms with Gasteiger partial charge in [-0.05, 0) is 43.6 Å². The summed E-state index contributed by atoms with van der Waals surface area (Å²) in [6.45, 7) is 3.77. The molecule has 0 aliphatic heterocycles. The van der Waals surface area contributed by atoms with Crippen molar-refractivity contribution >= 4 is 23.3 Å². The van der Waals surface area contributed by atoms with Crippen LogP contribution in [-0.4, -0.2) is 29.1 Å². The highest BCUT2D eigenvalue weighted by molar-refractivity contribution is 7.80. The van der Waals surface area contributed by atoms with Gasteiger partial charge >= 0.3 is 0 Å². The van der Waals surface area contributed by atoms with Gasteiger partial charge in [0.05, 0.1) is 0 Å². The van der Waals surface area contributed by atoms with E-state index in [9.17, 15) is 0 Å². The first-order valence-electron chi connectivity index (χ1n) is 7.47. The van der Waals surface area contributed by atoms with Crippen molar-refractivity contribution in [1.82, 2.24) is 15.6 Å². The minimum Gasteiger partial charge on any atom is -0.376 e. The Morgan fingerprint density at radius 1 is 1.33 bits per heavy atom. The first-order chi connectivity index (χ1) is 10.2. The van der Waals surface area contributed by atoms with E-state index in [1.165, 1.54) is 12.8 Å².